The first-order chi connectivity index (χ1) is 11.2. The van der Waals surface area contributed by atoms with E-state index in [1.54, 1.807) is 6.92 Å². The lowest BCUT2D eigenvalue weighted by Crippen LogP contribution is -2.09. The number of esters is 1. The number of aromatic nitrogens is 1. The van der Waals surface area contributed by atoms with Crippen molar-refractivity contribution in [3.63, 3.8) is 0 Å². The number of carbonyl (C=O) groups excluding carboxylic acids is 1. The molecule has 0 fully saturated rings. The lowest BCUT2D eigenvalue weighted by atomic mass is 10.2. The van der Waals surface area contributed by atoms with Gasteiger partial charge in [0.1, 0.15) is 18.1 Å². The Bertz CT molecular complexity index is 821. The number of para-hydroxylation sites is 1. The van der Waals surface area contributed by atoms with E-state index in [-0.39, 0.29) is 5.97 Å². The van der Waals surface area contributed by atoms with Crippen LogP contribution in [0.5, 0.6) is 5.75 Å². The molecule has 2 aromatic carbocycles. The number of aryl methyl sites for hydroxylation is 1. The molecule has 0 N–H and O–H groups in total. The zero-order valence-corrected chi connectivity index (χ0v) is 13.3. The van der Waals surface area contributed by atoms with E-state index in [0.29, 0.717) is 18.9 Å². The molecule has 23 heavy (non-hydrogen) atoms. The van der Waals surface area contributed by atoms with E-state index < -0.39 is 0 Å². The molecule has 0 saturated heterocycles. The smallest absolute Gasteiger partial charge is 0.354 e. The van der Waals surface area contributed by atoms with E-state index in [0.717, 1.165) is 22.2 Å². The number of hydrogen-bond donors (Lipinski definition) is 0. The van der Waals surface area contributed by atoms with E-state index in [1.165, 1.54) is 0 Å². The van der Waals surface area contributed by atoms with Crippen molar-refractivity contribution < 1.29 is 14.3 Å². The molecule has 0 amide bonds. The number of carbonyl (C=O) groups is 1. The number of ether oxygens (including phenoxy) is 2. The fourth-order valence-electron chi connectivity index (χ4n) is 2.63. The summed E-state index contributed by atoms with van der Waals surface area (Å²) in [4.78, 5) is 12.0. The van der Waals surface area contributed by atoms with E-state index >= 15 is 0 Å². The monoisotopic (exact) mass is 309 g/mol. The summed E-state index contributed by atoms with van der Waals surface area (Å²) in [5.74, 6) is 0.435. The van der Waals surface area contributed by atoms with Crippen molar-refractivity contribution in [1.29, 1.82) is 0 Å². The van der Waals surface area contributed by atoms with Crippen LogP contribution in [0, 0.1) is 0 Å². The average molecular weight is 309 g/mol. The highest BCUT2D eigenvalue weighted by Crippen LogP contribution is 2.29. The predicted molar refractivity (Wildman–Crippen MR) is 89.6 cm³/mol. The van der Waals surface area contributed by atoms with Gasteiger partial charge in [-0.05, 0) is 24.6 Å². The molecule has 3 aromatic rings. The Labute approximate surface area is 135 Å². The minimum absolute atomic E-state index is 0.319. The number of benzene rings is 2. The van der Waals surface area contributed by atoms with Gasteiger partial charge in [-0.1, -0.05) is 42.5 Å². The number of rotatable bonds is 5. The summed E-state index contributed by atoms with van der Waals surface area (Å²) in [6, 6.07) is 17.6. The van der Waals surface area contributed by atoms with Crippen LogP contribution in [0.4, 0.5) is 0 Å². The normalized spacial score (nSPS) is 10.7. The third-order valence-corrected chi connectivity index (χ3v) is 3.74. The lowest BCUT2D eigenvalue weighted by molar-refractivity contribution is 0.0516. The fraction of sp³-hybridized carbons (Fsp3) is 0.211. The first-order valence-electron chi connectivity index (χ1n) is 7.63. The van der Waals surface area contributed by atoms with Crippen LogP contribution < -0.4 is 4.74 Å². The molecule has 1 heterocycles. The minimum Gasteiger partial charge on any atom is -0.487 e. The third kappa shape index (κ3) is 3.06. The van der Waals surface area contributed by atoms with Gasteiger partial charge in [-0.3, -0.25) is 0 Å². The van der Waals surface area contributed by atoms with Crippen molar-refractivity contribution in [2.75, 3.05) is 6.61 Å². The number of hydrogen-bond acceptors (Lipinski definition) is 3. The van der Waals surface area contributed by atoms with Gasteiger partial charge in [0.05, 0.1) is 12.1 Å². The van der Waals surface area contributed by atoms with Gasteiger partial charge < -0.3 is 14.0 Å². The summed E-state index contributed by atoms with van der Waals surface area (Å²) in [6.45, 7) is 2.65. The molecule has 118 valence electrons. The maximum atomic E-state index is 12.0. The molecule has 4 nitrogen and oxygen atoms in total. The van der Waals surface area contributed by atoms with Crippen LogP contribution in [0.3, 0.4) is 0 Å². The summed E-state index contributed by atoms with van der Waals surface area (Å²) >= 11 is 0. The highest BCUT2D eigenvalue weighted by molar-refractivity contribution is 5.97. The van der Waals surface area contributed by atoms with Crippen LogP contribution in [-0.2, 0) is 18.4 Å². The number of nitrogens with zero attached hydrogens (tertiary/aromatic N) is 1. The van der Waals surface area contributed by atoms with E-state index in [9.17, 15) is 4.79 Å². The van der Waals surface area contributed by atoms with Gasteiger partial charge >= 0.3 is 5.97 Å². The summed E-state index contributed by atoms with van der Waals surface area (Å²) in [6.07, 6.45) is 0. The summed E-state index contributed by atoms with van der Waals surface area (Å²) in [5, 5.41) is 0.959. The van der Waals surface area contributed by atoms with Crippen LogP contribution in [0.1, 0.15) is 23.0 Å². The average Bonchev–Trinajstić information content (AvgIpc) is 2.92. The summed E-state index contributed by atoms with van der Waals surface area (Å²) in [5.41, 5.74) is 2.52. The van der Waals surface area contributed by atoms with Crippen LogP contribution in [-0.4, -0.2) is 17.1 Å². The highest BCUT2D eigenvalue weighted by atomic mass is 16.5. The summed E-state index contributed by atoms with van der Waals surface area (Å²) in [7, 11) is 1.85. The van der Waals surface area contributed by atoms with Gasteiger partial charge in [-0.2, -0.15) is 0 Å². The molecule has 0 bridgehead atoms. The van der Waals surface area contributed by atoms with Gasteiger partial charge in [-0.25, -0.2) is 4.79 Å². The second kappa shape index (κ2) is 6.57. The Morgan fingerprint density at radius 3 is 2.61 bits per heavy atom. The molecule has 0 atom stereocenters. The predicted octanol–water partition coefficient (Wildman–Crippen LogP) is 3.93. The fourth-order valence-corrected chi connectivity index (χ4v) is 2.63. The maximum Gasteiger partial charge on any atom is 0.354 e. The van der Waals surface area contributed by atoms with Gasteiger partial charge in [0, 0.05) is 12.4 Å². The number of fused-ring (bicyclic) bond motifs is 1. The van der Waals surface area contributed by atoms with Crippen molar-refractivity contribution in [3.8, 4) is 5.75 Å². The van der Waals surface area contributed by atoms with Gasteiger partial charge in [0.2, 0.25) is 0 Å². The molecule has 0 aliphatic carbocycles. The van der Waals surface area contributed by atoms with Crippen molar-refractivity contribution in [2.45, 2.75) is 13.5 Å². The second-order valence-electron chi connectivity index (χ2n) is 5.28. The SMILES string of the molecule is CCOC(=O)c1cc2cccc(OCc3ccccc3)c2n1C. The van der Waals surface area contributed by atoms with Crippen LogP contribution in [0.25, 0.3) is 10.9 Å². The minimum atomic E-state index is -0.319. The largest absolute Gasteiger partial charge is 0.487 e. The van der Waals surface area contributed by atoms with Crippen molar-refractivity contribution in [3.05, 3.63) is 65.9 Å². The molecule has 0 spiro atoms. The quantitative estimate of drug-likeness (QED) is 0.670. The molecule has 0 aliphatic rings. The Hall–Kier alpha value is -2.75. The van der Waals surface area contributed by atoms with Crippen molar-refractivity contribution in [1.82, 2.24) is 4.57 Å². The van der Waals surface area contributed by atoms with Gasteiger partial charge in [0.25, 0.3) is 0 Å². The molecule has 0 saturated carbocycles. The first-order valence-corrected chi connectivity index (χ1v) is 7.63. The van der Waals surface area contributed by atoms with E-state index in [4.69, 9.17) is 9.47 Å². The summed E-state index contributed by atoms with van der Waals surface area (Å²) < 4.78 is 12.9. The molecule has 3 rings (SSSR count). The van der Waals surface area contributed by atoms with Gasteiger partial charge in [-0.15, -0.1) is 0 Å². The standard InChI is InChI=1S/C19H19NO3/c1-3-22-19(21)16-12-15-10-7-11-17(18(15)20(16)2)23-13-14-8-5-4-6-9-14/h4-12H,3,13H2,1-2H3. The van der Waals surface area contributed by atoms with Crippen LogP contribution in [0.15, 0.2) is 54.6 Å². The van der Waals surface area contributed by atoms with Gasteiger partial charge in [0.15, 0.2) is 0 Å². The Morgan fingerprint density at radius 2 is 1.87 bits per heavy atom. The highest BCUT2D eigenvalue weighted by Gasteiger charge is 2.16. The van der Waals surface area contributed by atoms with Crippen LogP contribution in [0.2, 0.25) is 0 Å². The second-order valence-corrected chi connectivity index (χ2v) is 5.28. The topological polar surface area (TPSA) is 40.5 Å². The Balaban J connectivity index is 1.93. The zero-order chi connectivity index (χ0) is 16.2. The molecule has 0 radical (unpaired) electrons. The molecule has 0 unspecified atom stereocenters. The molecule has 1 aromatic heterocycles. The van der Waals surface area contributed by atoms with E-state index in [2.05, 4.69) is 0 Å². The first kappa shape index (κ1) is 15.2. The third-order valence-electron chi connectivity index (χ3n) is 3.74. The molecular weight excluding hydrogens is 290 g/mol. The van der Waals surface area contributed by atoms with Crippen LogP contribution >= 0.6 is 0 Å². The lowest BCUT2D eigenvalue weighted by Gasteiger charge is -2.10. The molecule has 4 heteroatoms. The molecule has 0 aliphatic heterocycles. The maximum absolute atomic E-state index is 12.0. The zero-order valence-electron chi connectivity index (χ0n) is 13.3. The Kier molecular flexibility index (Phi) is 4.33. The molecular formula is C19H19NO3. The van der Waals surface area contributed by atoms with E-state index in [1.807, 2.05) is 66.2 Å². The van der Waals surface area contributed by atoms with Crippen molar-refractivity contribution in [2.24, 2.45) is 7.05 Å². The van der Waals surface area contributed by atoms with Crippen molar-refractivity contribution >= 4 is 16.9 Å². The Morgan fingerprint density at radius 1 is 1.09 bits per heavy atom.